The largest absolute Gasteiger partial charge is 0.497 e. The number of nitrogens with one attached hydrogen (secondary N) is 1. The van der Waals surface area contributed by atoms with Gasteiger partial charge < -0.3 is 14.8 Å². The van der Waals surface area contributed by atoms with E-state index in [9.17, 15) is 19.7 Å². The molecule has 2 aliphatic rings. The number of Topliss-reactive ketones (excluding diaryl/α,β-unsaturated/α-hetero) is 1. The first-order valence-corrected chi connectivity index (χ1v) is 12.7. The summed E-state index contributed by atoms with van der Waals surface area (Å²) in [6, 6.07) is 23.1. The maximum atomic E-state index is 13.8. The van der Waals surface area contributed by atoms with Crippen LogP contribution in [-0.2, 0) is 20.9 Å². The number of hydrogen-bond donors (Lipinski definition) is 1. The fourth-order valence-electron chi connectivity index (χ4n) is 5.37. The van der Waals surface area contributed by atoms with Crippen molar-refractivity contribution >= 4 is 17.4 Å². The fraction of sp³-hybridized carbons (Fsp3) is 0.226. The van der Waals surface area contributed by atoms with Gasteiger partial charge in [-0.2, -0.15) is 0 Å². The predicted molar refractivity (Wildman–Crippen MR) is 145 cm³/mol. The zero-order chi connectivity index (χ0) is 27.5. The van der Waals surface area contributed by atoms with Crippen molar-refractivity contribution < 1.29 is 24.0 Å². The third kappa shape index (κ3) is 5.31. The number of carbonyl (C=O) groups is 2. The first kappa shape index (κ1) is 25.9. The van der Waals surface area contributed by atoms with Gasteiger partial charge in [0.25, 0.3) is 5.69 Å². The molecule has 0 saturated heterocycles. The highest BCUT2D eigenvalue weighted by molar-refractivity contribution is 6.04. The van der Waals surface area contributed by atoms with Crippen LogP contribution in [0.2, 0.25) is 0 Å². The van der Waals surface area contributed by atoms with E-state index in [0.717, 1.165) is 22.6 Å². The Hall–Kier alpha value is -4.72. The third-order valence-corrected chi connectivity index (χ3v) is 7.26. The van der Waals surface area contributed by atoms with Crippen LogP contribution >= 0.6 is 0 Å². The van der Waals surface area contributed by atoms with Gasteiger partial charge >= 0.3 is 5.97 Å². The molecule has 0 aromatic heterocycles. The van der Waals surface area contributed by atoms with Crippen molar-refractivity contribution in [2.24, 2.45) is 0 Å². The van der Waals surface area contributed by atoms with E-state index in [1.54, 1.807) is 26.2 Å². The zero-order valence-corrected chi connectivity index (χ0v) is 21.7. The SMILES string of the molecule is COc1ccc([C@@H]2CC(=O)C3=C(C2)NC(C)=C(C(=O)OCc2ccccc2)[C@H]3c2cccc([N+](=O)[O-])c2)cc1. The fourth-order valence-corrected chi connectivity index (χ4v) is 5.37. The number of benzene rings is 3. The van der Waals surface area contributed by atoms with E-state index >= 15 is 0 Å². The van der Waals surface area contributed by atoms with Crippen LogP contribution in [0.3, 0.4) is 0 Å². The van der Waals surface area contributed by atoms with Crippen LogP contribution in [0.15, 0.2) is 101 Å². The molecule has 8 nitrogen and oxygen atoms in total. The van der Waals surface area contributed by atoms with Crippen molar-refractivity contribution in [1.82, 2.24) is 5.32 Å². The molecule has 5 rings (SSSR count). The number of ether oxygens (including phenoxy) is 2. The number of nitro groups is 1. The molecule has 39 heavy (non-hydrogen) atoms. The van der Waals surface area contributed by atoms with Crippen molar-refractivity contribution in [1.29, 1.82) is 0 Å². The number of dihydropyridines is 1. The summed E-state index contributed by atoms with van der Waals surface area (Å²) in [7, 11) is 1.60. The van der Waals surface area contributed by atoms with Crippen molar-refractivity contribution in [2.45, 2.75) is 38.2 Å². The number of esters is 1. The van der Waals surface area contributed by atoms with Gasteiger partial charge in [0.05, 0.1) is 17.6 Å². The Morgan fingerprint density at radius 1 is 1.00 bits per heavy atom. The van der Waals surface area contributed by atoms with Crippen molar-refractivity contribution in [3.8, 4) is 5.75 Å². The summed E-state index contributed by atoms with van der Waals surface area (Å²) in [5, 5.41) is 14.9. The second-order valence-corrected chi connectivity index (χ2v) is 9.70. The molecule has 0 radical (unpaired) electrons. The maximum absolute atomic E-state index is 13.8. The molecule has 1 heterocycles. The summed E-state index contributed by atoms with van der Waals surface area (Å²) in [5.74, 6) is -0.785. The lowest BCUT2D eigenvalue weighted by atomic mass is 9.71. The van der Waals surface area contributed by atoms with Crippen molar-refractivity contribution in [2.75, 3.05) is 7.11 Å². The Balaban J connectivity index is 1.53. The van der Waals surface area contributed by atoms with Crippen LogP contribution in [0.1, 0.15) is 48.3 Å². The van der Waals surface area contributed by atoms with Gasteiger partial charge in [0.2, 0.25) is 0 Å². The molecule has 3 aromatic rings. The van der Waals surface area contributed by atoms with Gasteiger partial charge in [-0.25, -0.2) is 4.79 Å². The van der Waals surface area contributed by atoms with Crippen molar-refractivity contribution in [3.05, 3.63) is 128 Å². The Morgan fingerprint density at radius 3 is 2.44 bits per heavy atom. The topological polar surface area (TPSA) is 108 Å². The first-order valence-electron chi connectivity index (χ1n) is 12.7. The van der Waals surface area contributed by atoms with Crippen LogP contribution in [0.25, 0.3) is 0 Å². The number of rotatable bonds is 7. The first-order chi connectivity index (χ1) is 18.9. The average Bonchev–Trinajstić information content (AvgIpc) is 2.95. The van der Waals surface area contributed by atoms with E-state index in [2.05, 4.69) is 5.32 Å². The van der Waals surface area contributed by atoms with Gasteiger partial charge in [-0.3, -0.25) is 14.9 Å². The number of non-ortho nitro benzene ring substituents is 1. The van der Waals surface area contributed by atoms with E-state index < -0.39 is 16.8 Å². The Kier molecular flexibility index (Phi) is 7.27. The van der Waals surface area contributed by atoms with Crippen LogP contribution in [0.5, 0.6) is 5.75 Å². The zero-order valence-electron chi connectivity index (χ0n) is 21.7. The van der Waals surface area contributed by atoms with Gasteiger partial charge in [0.15, 0.2) is 5.78 Å². The van der Waals surface area contributed by atoms with E-state index in [0.29, 0.717) is 23.3 Å². The summed E-state index contributed by atoms with van der Waals surface area (Å²) in [5.41, 5.74) is 4.25. The summed E-state index contributed by atoms with van der Waals surface area (Å²) in [6.45, 7) is 1.84. The molecule has 0 bridgehead atoms. The number of carbonyl (C=O) groups excluding carboxylic acids is 2. The minimum Gasteiger partial charge on any atom is -0.497 e. The van der Waals surface area contributed by atoms with Crippen molar-refractivity contribution in [3.63, 3.8) is 0 Å². The molecule has 0 saturated carbocycles. The number of nitrogens with zero attached hydrogens (tertiary/aromatic N) is 1. The maximum Gasteiger partial charge on any atom is 0.337 e. The van der Waals surface area contributed by atoms with E-state index in [-0.39, 0.29) is 36.0 Å². The Bertz CT molecular complexity index is 1490. The van der Waals surface area contributed by atoms with Crippen LogP contribution in [0.4, 0.5) is 5.69 Å². The van der Waals surface area contributed by atoms with E-state index in [1.165, 1.54) is 12.1 Å². The molecule has 1 aliphatic carbocycles. The van der Waals surface area contributed by atoms with Gasteiger partial charge in [-0.1, -0.05) is 54.6 Å². The standard InChI is InChI=1S/C31H28N2O6/c1-19-28(31(35)39-18-20-7-4-3-5-8-20)29(22-9-6-10-24(15-22)33(36)37)30-26(32-19)16-23(17-27(30)34)21-11-13-25(38-2)14-12-21/h3-15,23,29,32H,16-18H2,1-2H3/t23-,29+/m0/s1. The molecule has 0 fully saturated rings. The predicted octanol–water partition coefficient (Wildman–Crippen LogP) is 5.71. The lowest BCUT2D eigenvalue weighted by molar-refractivity contribution is -0.384. The van der Waals surface area contributed by atoms with Crippen LogP contribution in [0, 0.1) is 10.1 Å². The number of nitro benzene ring substituents is 1. The highest BCUT2D eigenvalue weighted by Crippen LogP contribution is 2.46. The Labute approximate surface area is 226 Å². The molecule has 8 heteroatoms. The minimum absolute atomic E-state index is 0.0557. The second-order valence-electron chi connectivity index (χ2n) is 9.70. The van der Waals surface area contributed by atoms with Crippen LogP contribution < -0.4 is 10.1 Å². The highest BCUT2D eigenvalue weighted by atomic mass is 16.6. The number of methoxy groups -OCH3 is 1. The molecule has 1 N–H and O–H groups in total. The number of hydrogen-bond acceptors (Lipinski definition) is 7. The van der Waals surface area contributed by atoms with E-state index in [4.69, 9.17) is 9.47 Å². The molecular formula is C31H28N2O6. The Morgan fingerprint density at radius 2 is 1.74 bits per heavy atom. The summed E-state index contributed by atoms with van der Waals surface area (Å²) in [6.07, 6.45) is 0.812. The monoisotopic (exact) mass is 524 g/mol. The minimum atomic E-state index is -0.784. The normalized spacial score (nSPS) is 18.8. The molecule has 0 spiro atoms. The highest BCUT2D eigenvalue weighted by Gasteiger charge is 2.41. The molecule has 0 unspecified atom stereocenters. The van der Waals surface area contributed by atoms with Gasteiger partial charge in [0.1, 0.15) is 12.4 Å². The smallest absolute Gasteiger partial charge is 0.337 e. The van der Waals surface area contributed by atoms with E-state index in [1.807, 2.05) is 54.6 Å². The van der Waals surface area contributed by atoms with Gasteiger partial charge in [-0.15, -0.1) is 0 Å². The quantitative estimate of drug-likeness (QED) is 0.240. The van der Waals surface area contributed by atoms with Crippen LogP contribution in [-0.4, -0.2) is 23.8 Å². The summed E-state index contributed by atoms with van der Waals surface area (Å²) >= 11 is 0. The molecule has 3 aromatic carbocycles. The summed E-state index contributed by atoms with van der Waals surface area (Å²) in [4.78, 5) is 38.4. The second kappa shape index (κ2) is 10.9. The average molecular weight is 525 g/mol. The third-order valence-electron chi connectivity index (χ3n) is 7.26. The molecule has 0 amide bonds. The number of allylic oxidation sites excluding steroid dienone is 3. The lowest BCUT2D eigenvalue weighted by Crippen LogP contribution is -2.36. The number of ketones is 1. The molecule has 2 atom stereocenters. The molecule has 1 aliphatic heterocycles. The lowest BCUT2D eigenvalue weighted by Gasteiger charge is -2.36. The van der Waals surface area contributed by atoms with Gasteiger partial charge in [-0.05, 0) is 48.1 Å². The summed E-state index contributed by atoms with van der Waals surface area (Å²) < 4.78 is 10.9. The van der Waals surface area contributed by atoms with Gasteiger partial charge in [0, 0.05) is 41.4 Å². The molecule has 198 valence electrons. The molecular weight excluding hydrogens is 496 g/mol.